The average Bonchev–Trinajstić information content (AvgIpc) is 3.55. The third-order valence-corrected chi connectivity index (χ3v) is 14.9. The molecule has 65 heavy (non-hydrogen) atoms. The van der Waals surface area contributed by atoms with E-state index in [2.05, 4.69) is 30.8 Å². The molecule has 1 atom stereocenters. The number of carbonyl (C=O) groups excluding carboxylic acids is 5. The van der Waals surface area contributed by atoms with E-state index in [1.165, 1.54) is 6.20 Å². The summed E-state index contributed by atoms with van der Waals surface area (Å²) in [6, 6.07) is 17.6. The molecule has 1 aromatic heterocycles. The first-order valence-corrected chi connectivity index (χ1v) is 26.2. The Morgan fingerprint density at radius 1 is 0.877 bits per heavy atom. The number of amides is 5. The molecule has 18 heteroatoms. The van der Waals surface area contributed by atoms with Gasteiger partial charge in [0.15, 0.2) is 5.82 Å². The van der Waals surface area contributed by atoms with E-state index in [-0.39, 0.29) is 18.7 Å². The predicted octanol–water partition coefficient (Wildman–Crippen LogP) is 8.23. The van der Waals surface area contributed by atoms with E-state index >= 15 is 0 Å². The van der Waals surface area contributed by atoms with Crippen molar-refractivity contribution in [2.75, 3.05) is 67.9 Å². The van der Waals surface area contributed by atoms with E-state index in [1.807, 2.05) is 53.4 Å². The van der Waals surface area contributed by atoms with Crippen molar-refractivity contribution in [1.82, 2.24) is 25.1 Å². The molecule has 3 aliphatic rings. The molecule has 4 heterocycles. The number of hydrogen-bond donors (Lipinski definition) is 3. The first kappa shape index (κ1) is 47.5. The number of ether oxygens (including phenoxy) is 1. The summed E-state index contributed by atoms with van der Waals surface area (Å²) in [6.07, 6.45) is 10.7. The standard InChI is InChI=1S/C47H56ClN8O7PS/c1-63-37-29-31(20-21-34(37)51-47-49-30-33(48)43(53-47)50-35-16-11-12-17-38(35)64(2,3)62)54-24-26-55(27-25-54)41(58)19-10-8-6-4-5-7-9-13-28-65-39-18-14-15-32-42(39)46(61)56(45(32)60)36-22-23-40(57)52-44(36)59/h11-12,14-18,20-21,29-30,36H,4-10,13,19,22-28H2,1-3H3,(H,52,57,59)(H2,49,50,51,53). The first-order valence-electron chi connectivity index (χ1n) is 22.2. The van der Waals surface area contributed by atoms with Crippen molar-refractivity contribution in [3.8, 4) is 5.75 Å². The van der Waals surface area contributed by atoms with Crippen LogP contribution in [0, 0.1) is 0 Å². The van der Waals surface area contributed by atoms with Crippen LogP contribution in [0.4, 0.5) is 28.8 Å². The number of benzene rings is 3. The number of carbonyl (C=O) groups is 5. The lowest BCUT2D eigenvalue weighted by Crippen LogP contribution is -2.54. The number of aromatic nitrogens is 2. The number of thioether (sulfide) groups is 1. The fourth-order valence-corrected chi connectivity index (χ4v) is 10.8. The summed E-state index contributed by atoms with van der Waals surface area (Å²) in [6.45, 7) is 6.19. The number of methoxy groups -OCH3 is 1. The number of unbranched alkanes of at least 4 members (excludes halogenated alkanes) is 7. The van der Waals surface area contributed by atoms with Gasteiger partial charge < -0.3 is 29.7 Å². The summed E-state index contributed by atoms with van der Waals surface area (Å²) in [7, 11) is -0.951. The Hall–Kier alpha value is -5.44. The fraction of sp³-hybridized carbons (Fsp3) is 0.426. The highest BCUT2D eigenvalue weighted by atomic mass is 35.5. The van der Waals surface area contributed by atoms with Crippen LogP contribution < -0.4 is 30.9 Å². The molecule has 2 fully saturated rings. The van der Waals surface area contributed by atoms with Gasteiger partial charge >= 0.3 is 0 Å². The molecule has 5 amide bonds. The molecule has 0 bridgehead atoms. The van der Waals surface area contributed by atoms with Crippen molar-refractivity contribution in [1.29, 1.82) is 0 Å². The van der Waals surface area contributed by atoms with Crippen LogP contribution in [0.15, 0.2) is 71.8 Å². The van der Waals surface area contributed by atoms with Crippen LogP contribution in [0.5, 0.6) is 5.75 Å². The second-order valence-electron chi connectivity index (χ2n) is 16.8. The summed E-state index contributed by atoms with van der Waals surface area (Å²) in [5.74, 6) is 0.371. The molecule has 15 nitrogen and oxygen atoms in total. The van der Waals surface area contributed by atoms with Crippen LogP contribution in [0.2, 0.25) is 5.02 Å². The van der Waals surface area contributed by atoms with Crippen LogP contribution in [0.25, 0.3) is 0 Å². The summed E-state index contributed by atoms with van der Waals surface area (Å²) < 4.78 is 18.6. The number of fused-ring (bicyclic) bond motifs is 1. The monoisotopic (exact) mass is 942 g/mol. The Morgan fingerprint density at radius 2 is 1.60 bits per heavy atom. The topological polar surface area (TPSA) is 183 Å². The molecular formula is C47H56ClN8O7PS. The Kier molecular flexibility index (Phi) is 15.9. The largest absolute Gasteiger partial charge is 0.494 e. The fourth-order valence-electron chi connectivity index (χ4n) is 8.39. The van der Waals surface area contributed by atoms with Crippen LogP contribution in [0.1, 0.15) is 91.3 Å². The molecule has 3 aliphatic heterocycles. The second-order valence-corrected chi connectivity index (χ2v) is 21.5. The van der Waals surface area contributed by atoms with E-state index in [9.17, 15) is 28.5 Å². The third kappa shape index (κ3) is 11.7. The summed E-state index contributed by atoms with van der Waals surface area (Å²) in [5.41, 5.74) is 3.00. The molecule has 2 saturated heterocycles. The number of anilines is 5. The second kappa shape index (κ2) is 21.7. The van der Waals surface area contributed by atoms with Gasteiger partial charge in [-0.25, -0.2) is 4.98 Å². The summed E-state index contributed by atoms with van der Waals surface area (Å²) in [5, 5.41) is 9.73. The molecular weight excluding hydrogens is 887 g/mol. The number of rotatable bonds is 20. The molecule has 0 radical (unpaired) electrons. The molecule has 0 spiro atoms. The normalized spacial score (nSPS) is 16.4. The number of hydrogen-bond acceptors (Lipinski definition) is 13. The van der Waals surface area contributed by atoms with Crippen LogP contribution in [0.3, 0.4) is 0 Å². The van der Waals surface area contributed by atoms with Crippen molar-refractivity contribution in [2.24, 2.45) is 0 Å². The van der Waals surface area contributed by atoms with Gasteiger partial charge in [0.1, 0.15) is 24.0 Å². The third-order valence-electron chi connectivity index (χ3n) is 11.9. The maximum atomic E-state index is 13.3. The Labute approximate surface area is 389 Å². The maximum Gasteiger partial charge on any atom is 0.263 e. The summed E-state index contributed by atoms with van der Waals surface area (Å²) in [4.78, 5) is 78.5. The lowest BCUT2D eigenvalue weighted by atomic mass is 10.0. The zero-order valence-corrected chi connectivity index (χ0v) is 39.5. The number of halogens is 1. The van der Waals surface area contributed by atoms with Crippen molar-refractivity contribution in [3.05, 3.63) is 83.0 Å². The Bertz CT molecular complexity index is 2480. The first-order chi connectivity index (χ1) is 31.3. The van der Waals surface area contributed by atoms with Crippen LogP contribution in [-0.2, 0) is 18.9 Å². The molecule has 3 aromatic carbocycles. The van der Waals surface area contributed by atoms with Gasteiger partial charge in [-0.1, -0.05) is 68.3 Å². The van der Waals surface area contributed by atoms with Gasteiger partial charge in [-0.05, 0) is 74.7 Å². The Balaban J connectivity index is 0.772. The van der Waals surface area contributed by atoms with Crippen molar-refractivity contribution in [2.45, 2.75) is 81.6 Å². The highest BCUT2D eigenvalue weighted by Crippen LogP contribution is 2.39. The highest BCUT2D eigenvalue weighted by molar-refractivity contribution is 7.99. The number of imide groups is 2. The van der Waals surface area contributed by atoms with E-state index in [0.717, 1.165) is 72.6 Å². The van der Waals surface area contributed by atoms with E-state index in [0.29, 0.717) is 82.9 Å². The zero-order valence-electron chi connectivity index (χ0n) is 37.1. The predicted molar refractivity (Wildman–Crippen MR) is 256 cm³/mol. The molecule has 7 rings (SSSR count). The van der Waals surface area contributed by atoms with Gasteiger partial charge in [-0.3, -0.25) is 34.2 Å². The molecule has 3 N–H and O–H groups in total. The average molecular weight is 944 g/mol. The van der Waals surface area contributed by atoms with Crippen molar-refractivity contribution >= 4 is 94.2 Å². The highest BCUT2D eigenvalue weighted by Gasteiger charge is 2.45. The van der Waals surface area contributed by atoms with E-state index in [1.54, 1.807) is 44.3 Å². The molecule has 0 aliphatic carbocycles. The summed E-state index contributed by atoms with van der Waals surface area (Å²) >= 11 is 8.02. The van der Waals surface area contributed by atoms with Gasteiger partial charge in [0.25, 0.3) is 11.8 Å². The SMILES string of the molecule is COc1cc(N2CCN(C(=O)CCCCCCCCCCSc3cccc4c3C(=O)N(C3CCC(=O)NC3=O)C4=O)CC2)ccc1Nc1ncc(Cl)c(Nc2ccccc2P(C)(C)=O)n1. The smallest absolute Gasteiger partial charge is 0.263 e. The maximum absolute atomic E-state index is 13.3. The number of piperidine rings is 1. The van der Waals surface area contributed by atoms with Gasteiger partial charge in [0, 0.05) is 61.0 Å². The van der Waals surface area contributed by atoms with Crippen molar-refractivity contribution in [3.63, 3.8) is 0 Å². The number of nitrogens with zero attached hydrogens (tertiary/aromatic N) is 5. The van der Waals surface area contributed by atoms with Crippen LogP contribution in [-0.4, -0.2) is 108 Å². The van der Waals surface area contributed by atoms with Crippen LogP contribution >= 0.6 is 30.5 Å². The van der Waals surface area contributed by atoms with Gasteiger partial charge in [-0.15, -0.1) is 11.8 Å². The quantitative estimate of drug-likeness (QED) is 0.0334. The number of para-hydroxylation sites is 1. The Morgan fingerprint density at radius 3 is 2.32 bits per heavy atom. The van der Waals surface area contributed by atoms with E-state index < -0.39 is 36.8 Å². The minimum Gasteiger partial charge on any atom is -0.494 e. The minimum atomic E-state index is -2.56. The van der Waals surface area contributed by atoms with Crippen molar-refractivity contribution < 1.29 is 33.3 Å². The number of piperazine rings is 1. The molecule has 1 unspecified atom stereocenters. The molecule has 0 saturated carbocycles. The lowest BCUT2D eigenvalue weighted by Gasteiger charge is -2.36. The molecule has 4 aromatic rings. The van der Waals surface area contributed by atoms with Gasteiger partial charge in [0.2, 0.25) is 23.7 Å². The molecule has 344 valence electrons. The van der Waals surface area contributed by atoms with Gasteiger partial charge in [0.05, 0.1) is 35.8 Å². The lowest BCUT2D eigenvalue weighted by molar-refractivity contribution is -0.136. The van der Waals surface area contributed by atoms with Gasteiger partial charge in [-0.2, -0.15) is 4.98 Å². The minimum absolute atomic E-state index is 0.0921. The number of nitrogens with one attached hydrogen (secondary N) is 3. The van der Waals surface area contributed by atoms with E-state index in [4.69, 9.17) is 16.3 Å². The zero-order chi connectivity index (χ0) is 46.1.